The molecule has 0 aromatic carbocycles. The normalized spacial score (nSPS) is 23.6. The van der Waals surface area contributed by atoms with Crippen LogP contribution >= 0.6 is 0 Å². The van der Waals surface area contributed by atoms with Crippen LogP contribution in [0.1, 0.15) is 32.6 Å². The molecule has 1 rings (SSSR count). The fourth-order valence-corrected chi connectivity index (χ4v) is 1.67. The number of aliphatic hydroxyl groups is 1. The molecule has 0 radical (unpaired) electrons. The predicted octanol–water partition coefficient (Wildman–Crippen LogP) is 0.0156. The van der Waals surface area contributed by atoms with Crippen LogP contribution in [0.2, 0.25) is 0 Å². The summed E-state index contributed by atoms with van der Waals surface area (Å²) >= 11 is 0. The van der Waals surface area contributed by atoms with E-state index in [9.17, 15) is 4.79 Å². The number of nitrogens with one attached hydrogen (secondary N) is 2. The first-order chi connectivity index (χ1) is 6.72. The Morgan fingerprint density at radius 2 is 2.50 bits per heavy atom. The molecule has 82 valence electrons. The molecule has 0 bridgehead atoms. The van der Waals surface area contributed by atoms with Crippen LogP contribution < -0.4 is 10.6 Å². The van der Waals surface area contributed by atoms with Crippen molar-refractivity contribution in [2.24, 2.45) is 0 Å². The predicted molar refractivity (Wildman–Crippen MR) is 54.9 cm³/mol. The molecule has 4 nitrogen and oxygen atoms in total. The third-order valence-electron chi connectivity index (χ3n) is 2.59. The summed E-state index contributed by atoms with van der Waals surface area (Å²) in [5.74, 6) is 0.166. The van der Waals surface area contributed by atoms with Crippen molar-refractivity contribution in [2.45, 2.75) is 44.7 Å². The average molecular weight is 200 g/mol. The van der Waals surface area contributed by atoms with E-state index in [0.717, 1.165) is 25.8 Å². The van der Waals surface area contributed by atoms with Gasteiger partial charge in [-0.25, -0.2) is 0 Å². The number of amides is 1. The van der Waals surface area contributed by atoms with Crippen molar-refractivity contribution in [1.82, 2.24) is 10.6 Å². The zero-order valence-corrected chi connectivity index (χ0v) is 8.75. The van der Waals surface area contributed by atoms with Gasteiger partial charge in [0.15, 0.2) is 0 Å². The van der Waals surface area contributed by atoms with Gasteiger partial charge in [-0.05, 0) is 26.2 Å². The fraction of sp³-hybridized carbons (Fsp3) is 0.900. The highest BCUT2D eigenvalue weighted by Crippen LogP contribution is 2.05. The molecule has 4 heteroatoms. The van der Waals surface area contributed by atoms with Gasteiger partial charge in [-0.3, -0.25) is 4.79 Å². The Morgan fingerprint density at radius 3 is 3.07 bits per heavy atom. The SMILES string of the molecule is CC(CCCO)NCC1CCC(=O)N1. The van der Waals surface area contributed by atoms with Crippen molar-refractivity contribution >= 4 is 5.91 Å². The lowest BCUT2D eigenvalue weighted by atomic mass is 10.1. The molecule has 0 aromatic heterocycles. The summed E-state index contributed by atoms with van der Waals surface area (Å²) < 4.78 is 0. The number of aliphatic hydroxyl groups excluding tert-OH is 1. The molecule has 0 aromatic rings. The van der Waals surface area contributed by atoms with Gasteiger partial charge in [0, 0.05) is 31.7 Å². The van der Waals surface area contributed by atoms with Crippen LogP contribution in [0.3, 0.4) is 0 Å². The van der Waals surface area contributed by atoms with E-state index in [1.807, 2.05) is 0 Å². The lowest BCUT2D eigenvalue weighted by molar-refractivity contribution is -0.119. The first kappa shape index (κ1) is 11.5. The monoisotopic (exact) mass is 200 g/mol. The van der Waals surface area contributed by atoms with Crippen molar-refractivity contribution in [3.63, 3.8) is 0 Å². The third-order valence-corrected chi connectivity index (χ3v) is 2.59. The summed E-state index contributed by atoms with van der Waals surface area (Å²) in [5.41, 5.74) is 0. The van der Waals surface area contributed by atoms with Crippen LogP contribution in [0.5, 0.6) is 0 Å². The van der Waals surface area contributed by atoms with Crippen LogP contribution in [0.25, 0.3) is 0 Å². The van der Waals surface area contributed by atoms with E-state index in [0.29, 0.717) is 18.5 Å². The molecule has 1 aliphatic heterocycles. The van der Waals surface area contributed by atoms with Crippen LogP contribution in [-0.4, -0.2) is 36.2 Å². The van der Waals surface area contributed by atoms with Crippen molar-refractivity contribution < 1.29 is 9.90 Å². The maximum atomic E-state index is 10.9. The highest BCUT2D eigenvalue weighted by molar-refractivity contribution is 5.78. The van der Waals surface area contributed by atoms with Gasteiger partial charge in [-0.1, -0.05) is 0 Å². The third kappa shape index (κ3) is 4.07. The standard InChI is InChI=1S/C10H20N2O2/c1-8(3-2-6-13)11-7-9-4-5-10(14)12-9/h8-9,11,13H,2-7H2,1H3,(H,12,14). The second-order valence-corrected chi connectivity index (χ2v) is 3.98. The molecular weight excluding hydrogens is 180 g/mol. The summed E-state index contributed by atoms with van der Waals surface area (Å²) in [6.45, 7) is 3.21. The molecule has 2 atom stereocenters. The Kier molecular flexibility index (Phi) is 4.90. The Hall–Kier alpha value is -0.610. The molecule has 1 fully saturated rings. The van der Waals surface area contributed by atoms with Crippen LogP contribution in [0.4, 0.5) is 0 Å². The largest absolute Gasteiger partial charge is 0.396 e. The second-order valence-electron chi connectivity index (χ2n) is 3.98. The van der Waals surface area contributed by atoms with Gasteiger partial charge in [0.1, 0.15) is 0 Å². The fourth-order valence-electron chi connectivity index (χ4n) is 1.67. The lowest BCUT2D eigenvalue weighted by Crippen LogP contribution is -2.39. The van der Waals surface area contributed by atoms with Gasteiger partial charge >= 0.3 is 0 Å². The maximum absolute atomic E-state index is 10.9. The summed E-state index contributed by atoms with van der Waals surface area (Å²) in [7, 11) is 0. The van der Waals surface area contributed by atoms with Crippen molar-refractivity contribution in [3.05, 3.63) is 0 Å². The molecule has 1 amide bonds. The number of hydrogen-bond acceptors (Lipinski definition) is 3. The molecule has 1 heterocycles. The Balaban J connectivity index is 2.05. The van der Waals surface area contributed by atoms with E-state index >= 15 is 0 Å². The number of carbonyl (C=O) groups excluding carboxylic acids is 1. The Labute approximate surface area is 85.1 Å². The quantitative estimate of drug-likeness (QED) is 0.566. The van der Waals surface area contributed by atoms with E-state index in [2.05, 4.69) is 17.6 Å². The topological polar surface area (TPSA) is 61.4 Å². The van der Waals surface area contributed by atoms with E-state index in [4.69, 9.17) is 5.11 Å². The van der Waals surface area contributed by atoms with Gasteiger partial charge in [0.05, 0.1) is 0 Å². The van der Waals surface area contributed by atoms with Crippen LogP contribution in [0, 0.1) is 0 Å². The van der Waals surface area contributed by atoms with Gasteiger partial charge < -0.3 is 15.7 Å². The highest BCUT2D eigenvalue weighted by atomic mass is 16.2. The zero-order chi connectivity index (χ0) is 10.4. The Morgan fingerprint density at radius 1 is 1.71 bits per heavy atom. The van der Waals surface area contributed by atoms with E-state index in [1.54, 1.807) is 0 Å². The molecular formula is C10H20N2O2. The van der Waals surface area contributed by atoms with Gasteiger partial charge in [0.25, 0.3) is 0 Å². The Bertz CT molecular complexity index is 185. The minimum Gasteiger partial charge on any atom is -0.396 e. The minimum absolute atomic E-state index is 0.166. The first-order valence-corrected chi connectivity index (χ1v) is 5.36. The van der Waals surface area contributed by atoms with Crippen LogP contribution in [-0.2, 0) is 4.79 Å². The van der Waals surface area contributed by atoms with Gasteiger partial charge in [-0.15, -0.1) is 0 Å². The minimum atomic E-state index is 0.166. The molecule has 3 N–H and O–H groups in total. The summed E-state index contributed by atoms with van der Waals surface area (Å²) in [6, 6.07) is 0.721. The molecule has 14 heavy (non-hydrogen) atoms. The second kappa shape index (κ2) is 5.98. The summed E-state index contributed by atoms with van der Waals surface area (Å²) in [5, 5.41) is 14.9. The highest BCUT2D eigenvalue weighted by Gasteiger charge is 2.20. The molecule has 0 saturated carbocycles. The lowest BCUT2D eigenvalue weighted by Gasteiger charge is -2.16. The van der Waals surface area contributed by atoms with Gasteiger partial charge in [-0.2, -0.15) is 0 Å². The maximum Gasteiger partial charge on any atom is 0.220 e. The van der Waals surface area contributed by atoms with Gasteiger partial charge in [0.2, 0.25) is 5.91 Å². The van der Waals surface area contributed by atoms with Crippen LogP contribution in [0.15, 0.2) is 0 Å². The number of rotatable bonds is 6. The van der Waals surface area contributed by atoms with E-state index in [-0.39, 0.29) is 12.5 Å². The summed E-state index contributed by atoms with van der Waals surface area (Å²) in [4.78, 5) is 10.9. The van der Waals surface area contributed by atoms with Crippen molar-refractivity contribution in [2.75, 3.05) is 13.2 Å². The van der Waals surface area contributed by atoms with Crippen molar-refractivity contribution in [3.8, 4) is 0 Å². The molecule has 1 aliphatic rings. The summed E-state index contributed by atoms with van der Waals surface area (Å²) in [6.07, 6.45) is 3.43. The van der Waals surface area contributed by atoms with E-state index in [1.165, 1.54) is 0 Å². The first-order valence-electron chi connectivity index (χ1n) is 5.36. The van der Waals surface area contributed by atoms with E-state index < -0.39 is 0 Å². The number of carbonyl (C=O) groups is 1. The molecule has 0 aliphatic carbocycles. The molecule has 1 saturated heterocycles. The molecule has 2 unspecified atom stereocenters. The van der Waals surface area contributed by atoms with Crippen molar-refractivity contribution in [1.29, 1.82) is 0 Å². The molecule has 0 spiro atoms. The smallest absolute Gasteiger partial charge is 0.220 e. The zero-order valence-electron chi connectivity index (χ0n) is 8.75. The average Bonchev–Trinajstić information content (AvgIpc) is 2.58. The number of hydrogen-bond donors (Lipinski definition) is 3.